The van der Waals surface area contributed by atoms with Gasteiger partial charge in [0, 0.05) is 23.5 Å². The molecule has 1 unspecified atom stereocenters. The summed E-state index contributed by atoms with van der Waals surface area (Å²) in [6, 6.07) is 10.3. The van der Waals surface area contributed by atoms with E-state index in [0.29, 0.717) is 16.0 Å². The predicted molar refractivity (Wildman–Crippen MR) is 73.5 cm³/mol. The quantitative estimate of drug-likeness (QED) is 0.823. The molecule has 94 valence electrons. The van der Waals surface area contributed by atoms with Crippen molar-refractivity contribution < 1.29 is 9.32 Å². The van der Waals surface area contributed by atoms with Gasteiger partial charge in [-0.15, -0.1) is 0 Å². The molecule has 2 aromatic rings. The molecule has 2 N–H and O–H groups in total. The molecule has 4 nitrogen and oxygen atoms in total. The van der Waals surface area contributed by atoms with E-state index in [9.17, 15) is 9.32 Å². The first kappa shape index (κ1) is 11.8. The third-order valence-corrected chi connectivity index (χ3v) is 4.44. The fourth-order valence-corrected chi connectivity index (χ4v) is 3.37. The maximum atomic E-state index is 12.4. The Balaban J connectivity index is 2.11. The van der Waals surface area contributed by atoms with E-state index in [-0.39, 0.29) is 16.4 Å². The molecular formula is C14H10N2O2S. The van der Waals surface area contributed by atoms with E-state index in [4.69, 9.17) is 5.41 Å². The van der Waals surface area contributed by atoms with Gasteiger partial charge < -0.3 is 5.11 Å². The molecule has 1 aromatic heterocycles. The second-order valence-electron chi connectivity index (χ2n) is 4.06. The van der Waals surface area contributed by atoms with Gasteiger partial charge in [0.05, 0.1) is 21.4 Å². The van der Waals surface area contributed by atoms with Crippen LogP contribution in [0.4, 0.5) is 0 Å². The minimum absolute atomic E-state index is 0.0418. The average Bonchev–Trinajstić information content (AvgIpc) is 2.72. The van der Waals surface area contributed by atoms with Crippen LogP contribution in [0.1, 0.15) is 11.1 Å². The fraction of sp³-hybridized carbons (Fsp3) is 0. The van der Waals surface area contributed by atoms with Crippen molar-refractivity contribution >= 4 is 22.3 Å². The zero-order valence-corrected chi connectivity index (χ0v) is 10.6. The smallest absolute Gasteiger partial charge is 0.142 e. The van der Waals surface area contributed by atoms with Crippen LogP contribution in [0.2, 0.25) is 0 Å². The number of fused-ring (bicyclic) bond motifs is 1. The molecule has 2 heterocycles. The largest absolute Gasteiger partial charge is 0.506 e. The predicted octanol–water partition coefficient (Wildman–Crippen LogP) is 2.50. The summed E-state index contributed by atoms with van der Waals surface area (Å²) in [5, 5.41) is 18.3. The van der Waals surface area contributed by atoms with Crippen molar-refractivity contribution in [2.45, 2.75) is 4.90 Å². The number of hydrogen-bond donors (Lipinski definition) is 2. The zero-order chi connectivity index (χ0) is 13.4. The Kier molecular flexibility index (Phi) is 2.76. The number of aromatic nitrogens is 1. The standard InChI is InChI=1S/C14H10N2O2S/c15-12(9-4-3-7-16-8-9)14-13(17)10-5-1-2-6-11(10)19(14)18/h1-8,15,17H. The molecule has 5 heteroatoms. The van der Waals surface area contributed by atoms with Crippen molar-refractivity contribution in [3.8, 4) is 0 Å². The maximum absolute atomic E-state index is 12.4. The van der Waals surface area contributed by atoms with Gasteiger partial charge in [0.15, 0.2) is 0 Å². The van der Waals surface area contributed by atoms with Crippen molar-refractivity contribution in [2.24, 2.45) is 0 Å². The Morgan fingerprint density at radius 1 is 1.21 bits per heavy atom. The molecule has 0 saturated heterocycles. The van der Waals surface area contributed by atoms with Gasteiger partial charge in [-0.25, -0.2) is 4.21 Å². The van der Waals surface area contributed by atoms with Gasteiger partial charge in [0.25, 0.3) is 0 Å². The molecular weight excluding hydrogens is 260 g/mol. The highest BCUT2D eigenvalue weighted by Crippen LogP contribution is 2.36. The first-order chi connectivity index (χ1) is 9.20. The highest BCUT2D eigenvalue weighted by molar-refractivity contribution is 7.90. The Morgan fingerprint density at radius 3 is 2.68 bits per heavy atom. The molecule has 0 spiro atoms. The SMILES string of the molecule is N=C(C1=C(O)c2ccccc2S1=O)c1cccnc1. The molecule has 19 heavy (non-hydrogen) atoms. The lowest BCUT2D eigenvalue weighted by molar-refractivity contribution is 0.511. The van der Waals surface area contributed by atoms with Gasteiger partial charge in [-0.2, -0.15) is 0 Å². The Labute approximate surface area is 112 Å². The lowest BCUT2D eigenvalue weighted by Gasteiger charge is -2.04. The molecule has 3 rings (SSSR count). The molecule has 1 aliphatic rings. The van der Waals surface area contributed by atoms with Gasteiger partial charge in [-0.1, -0.05) is 12.1 Å². The van der Waals surface area contributed by atoms with E-state index < -0.39 is 10.8 Å². The zero-order valence-electron chi connectivity index (χ0n) is 9.83. The molecule has 0 fully saturated rings. The summed E-state index contributed by atoms with van der Waals surface area (Å²) in [6.07, 6.45) is 3.12. The topological polar surface area (TPSA) is 74.0 Å². The van der Waals surface area contributed by atoms with E-state index in [0.717, 1.165) is 0 Å². The number of nitrogens with zero attached hydrogens (tertiary/aromatic N) is 1. The summed E-state index contributed by atoms with van der Waals surface area (Å²) in [5.74, 6) is -0.0808. The van der Waals surface area contributed by atoms with Gasteiger partial charge >= 0.3 is 0 Å². The van der Waals surface area contributed by atoms with Gasteiger partial charge in [-0.3, -0.25) is 10.4 Å². The summed E-state index contributed by atoms with van der Waals surface area (Å²) in [4.78, 5) is 4.62. The van der Waals surface area contributed by atoms with Crippen LogP contribution >= 0.6 is 0 Å². The highest BCUT2D eigenvalue weighted by atomic mass is 32.2. The molecule has 0 bridgehead atoms. The minimum atomic E-state index is -1.52. The van der Waals surface area contributed by atoms with Crippen molar-refractivity contribution in [3.63, 3.8) is 0 Å². The fourth-order valence-electron chi connectivity index (χ4n) is 2.00. The molecule has 0 radical (unpaired) electrons. The number of benzene rings is 1. The molecule has 0 amide bonds. The van der Waals surface area contributed by atoms with Gasteiger partial charge in [0.1, 0.15) is 10.7 Å². The third kappa shape index (κ3) is 1.79. The van der Waals surface area contributed by atoms with Crippen LogP contribution in [0.3, 0.4) is 0 Å². The lowest BCUT2D eigenvalue weighted by Crippen LogP contribution is -2.07. The molecule has 1 atom stereocenters. The second-order valence-corrected chi connectivity index (χ2v) is 5.44. The minimum Gasteiger partial charge on any atom is -0.506 e. The Hall–Kier alpha value is -2.27. The van der Waals surface area contributed by atoms with Crippen molar-refractivity contribution in [1.82, 2.24) is 4.98 Å². The van der Waals surface area contributed by atoms with Crippen LogP contribution in [0.15, 0.2) is 58.6 Å². The highest BCUT2D eigenvalue weighted by Gasteiger charge is 2.31. The van der Waals surface area contributed by atoms with Crippen molar-refractivity contribution in [3.05, 3.63) is 64.8 Å². The Morgan fingerprint density at radius 2 is 2.00 bits per heavy atom. The van der Waals surface area contributed by atoms with E-state index in [1.807, 2.05) is 0 Å². The number of nitrogens with one attached hydrogen (secondary N) is 1. The number of aliphatic hydroxyl groups is 1. The first-order valence-corrected chi connectivity index (χ1v) is 6.79. The molecule has 1 aromatic carbocycles. The lowest BCUT2D eigenvalue weighted by atomic mass is 10.1. The van der Waals surface area contributed by atoms with Crippen LogP contribution in [0.25, 0.3) is 5.76 Å². The summed E-state index contributed by atoms with van der Waals surface area (Å²) >= 11 is 0. The second kappa shape index (κ2) is 4.44. The number of allylic oxidation sites excluding steroid dienone is 1. The third-order valence-electron chi connectivity index (χ3n) is 2.92. The average molecular weight is 270 g/mol. The Bertz CT molecular complexity index is 723. The van der Waals surface area contributed by atoms with E-state index >= 15 is 0 Å². The molecule has 1 aliphatic heterocycles. The van der Waals surface area contributed by atoms with Gasteiger partial charge in [-0.05, 0) is 24.3 Å². The number of hydrogen-bond acceptors (Lipinski definition) is 4. The van der Waals surface area contributed by atoms with Crippen LogP contribution in [-0.2, 0) is 10.8 Å². The number of aliphatic hydroxyl groups excluding tert-OH is 1. The van der Waals surface area contributed by atoms with Crippen LogP contribution in [0.5, 0.6) is 0 Å². The van der Waals surface area contributed by atoms with E-state index in [1.165, 1.54) is 6.20 Å². The number of rotatable bonds is 2. The monoisotopic (exact) mass is 270 g/mol. The summed E-state index contributed by atoms with van der Waals surface area (Å²) in [6.45, 7) is 0. The van der Waals surface area contributed by atoms with E-state index in [1.54, 1.807) is 42.6 Å². The molecule has 0 saturated carbocycles. The van der Waals surface area contributed by atoms with Crippen molar-refractivity contribution in [2.75, 3.05) is 0 Å². The first-order valence-electron chi connectivity index (χ1n) is 5.64. The van der Waals surface area contributed by atoms with E-state index in [2.05, 4.69) is 4.98 Å². The summed E-state index contributed by atoms with van der Waals surface area (Å²) in [5.41, 5.74) is 1.11. The number of pyridine rings is 1. The van der Waals surface area contributed by atoms with Crippen LogP contribution < -0.4 is 0 Å². The normalized spacial score (nSPS) is 17.4. The van der Waals surface area contributed by atoms with Crippen LogP contribution in [0, 0.1) is 5.41 Å². The molecule has 0 aliphatic carbocycles. The van der Waals surface area contributed by atoms with Crippen molar-refractivity contribution in [1.29, 1.82) is 5.41 Å². The van der Waals surface area contributed by atoms with Crippen LogP contribution in [-0.4, -0.2) is 20.0 Å². The summed E-state index contributed by atoms with van der Waals surface area (Å²) < 4.78 is 12.4. The van der Waals surface area contributed by atoms with Gasteiger partial charge in [0.2, 0.25) is 0 Å². The summed E-state index contributed by atoms with van der Waals surface area (Å²) in [7, 11) is -1.52. The maximum Gasteiger partial charge on any atom is 0.142 e.